The fourth-order valence-corrected chi connectivity index (χ4v) is 2.58. The zero-order valence-corrected chi connectivity index (χ0v) is 15.1. The van der Waals surface area contributed by atoms with Crippen molar-refractivity contribution in [1.29, 1.82) is 0 Å². The number of amides is 3. The third kappa shape index (κ3) is 4.98. The van der Waals surface area contributed by atoms with E-state index in [0.29, 0.717) is 0 Å². The van der Waals surface area contributed by atoms with E-state index in [0.717, 1.165) is 0 Å². The van der Waals surface area contributed by atoms with Crippen LogP contribution in [-0.2, 0) is 18.6 Å². The third-order valence-corrected chi connectivity index (χ3v) is 3.85. The van der Waals surface area contributed by atoms with Gasteiger partial charge in [-0.3, -0.25) is 19.5 Å². The topological polar surface area (TPSA) is 146 Å². The Kier molecular flexibility index (Phi) is 7.00. The quantitative estimate of drug-likeness (QED) is 0.351. The number of imide groups is 1. The smallest absolute Gasteiger partial charge is 0.390 e. The van der Waals surface area contributed by atoms with Crippen molar-refractivity contribution < 1.29 is 38.3 Å². The van der Waals surface area contributed by atoms with Gasteiger partial charge in [0.1, 0.15) is 12.3 Å². The van der Waals surface area contributed by atoms with Crippen molar-refractivity contribution in [3.63, 3.8) is 0 Å². The maximum absolute atomic E-state index is 11.7. The second-order valence-electron chi connectivity index (χ2n) is 5.07. The van der Waals surface area contributed by atoms with Crippen LogP contribution in [0, 0.1) is 5.92 Å². The number of aliphatic hydroxyl groups is 1. The van der Waals surface area contributed by atoms with Crippen LogP contribution in [0.1, 0.15) is 13.3 Å². The van der Waals surface area contributed by atoms with Crippen molar-refractivity contribution in [1.82, 2.24) is 10.2 Å². The Labute approximate surface area is 148 Å². The van der Waals surface area contributed by atoms with E-state index < -0.39 is 44.8 Å². The Morgan fingerprint density at radius 1 is 1.45 bits per heavy atom. The predicted molar refractivity (Wildman–Crippen MR) is 72.4 cm³/mol. The number of carbonyl (C=O) groups is 2. The number of phosphoric ester groups is 1. The van der Waals surface area contributed by atoms with Crippen molar-refractivity contribution in [3.8, 4) is 0 Å². The molecule has 0 saturated carbocycles. The van der Waals surface area contributed by atoms with Crippen LogP contribution in [0.2, 0.25) is 0 Å². The fraction of sp³-hybridized carbons (Fsp3) is 0.800. The number of hydrogen-bond acceptors (Lipinski definition) is 6. The van der Waals surface area contributed by atoms with E-state index >= 15 is 0 Å². The maximum Gasteiger partial charge on any atom is 0.469 e. The molecule has 2 saturated heterocycles. The molecule has 0 aromatic rings. The molecule has 2 rings (SSSR count). The molecule has 0 aliphatic carbocycles. The van der Waals surface area contributed by atoms with Gasteiger partial charge in [-0.15, -0.1) is 0 Å². The van der Waals surface area contributed by atoms with Crippen molar-refractivity contribution >= 4 is 49.3 Å². The molecule has 2 aliphatic rings. The standard InChI is InChI=1S/C10H17N2O8P.Na/c1-5-3-12(10(15)11-9(5)14)8-2-6(13)7(20-8)4-19-21(16,17)18;/h5-8,13H,2-4H2,1H3,(H,11,14,15)(H2,16,17,18);/t5?,6-,7+,8+;/m0./s1. The number of aliphatic hydroxyl groups excluding tert-OH is 1. The Bertz CT molecular complexity index is 486. The summed E-state index contributed by atoms with van der Waals surface area (Å²) in [6, 6.07) is -0.619. The van der Waals surface area contributed by atoms with Crippen molar-refractivity contribution in [2.45, 2.75) is 31.8 Å². The maximum atomic E-state index is 11.7. The molecule has 12 heteroatoms. The average Bonchev–Trinajstić information content (AvgIpc) is 2.72. The van der Waals surface area contributed by atoms with E-state index in [1.807, 2.05) is 0 Å². The van der Waals surface area contributed by atoms with E-state index in [1.165, 1.54) is 4.90 Å². The number of phosphoric acid groups is 1. The molecule has 0 aromatic heterocycles. The molecule has 2 aliphatic heterocycles. The summed E-state index contributed by atoms with van der Waals surface area (Å²) in [4.78, 5) is 41.6. The Hall–Kier alpha value is -0.0300. The van der Waals surface area contributed by atoms with Crippen LogP contribution in [0.15, 0.2) is 0 Å². The number of urea groups is 1. The van der Waals surface area contributed by atoms with Crippen LogP contribution in [-0.4, -0.2) is 92.9 Å². The van der Waals surface area contributed by atoms with Gasteiger partial charge >= 0.3 is 13.9 Å². The van der Waals surface area contributed by atoms with E-state index in [9.17, 15) is 19.3 Å². The van der Waals surface area contributed by atoms with Gasteiger partial charge in [-0.05, 0) is 0 Å². The van der Waals surface area contributed by atoms with E-state index in [-0.39, 0.29) is 48.4 Å². The zero-order valence-electron chi connectivity index (χ0n) is 12.2. The van der Waals surface area contributed by atoms with Crippen LogP contribution in [0.25, 0.3) is 0 Å². The number of ether oxygens (including phenoxy) is 1. The van der Waals surface area contributed by atoms with Crippen LogP contribution in [0.3, 0.4) is 0 Å². The SMILES string of the molecule is CC1CN([C@H]2C[C@H](O)[C@@H](COP(=O)(O)O)O2)C(=O)NC1=O.[Na]. The molecule has 2 fully saturated rings. The van der Waals surface area contributed by atoms with Gasteiger partial charge in [0.15, 0.2) is 0 Å². The zero-order chi connectivity index (χ0) is 15.8. The third-order valence-electron chi connectivity index (χ3n) is 3.37. The normalized spacial score (nSPS) is 32.6. The first-order valence-electron chi connectivity index (χ1n) is 6.32. The second kappa shape index (κ2) is 7.69. The molecule has 10 nitrogen and oxygen atoms in total. The molecular weight excluding hydrogens is 330 g/mol. The van der Waals surface area contributed by atoms with Gasteiger partial charge in [0.05, 0.1) is 18.6 Å². The molecule has 22 heavy (non-hydrogen) atoms. The summed E-state index contributed by atoms with van der Waals surface area (Å²) in [6.45, 7) is 1.30. The summed E-state index contributed by atoms with van der Waals surface area (Å²) in [5.74, 6) is -0.787. The van der Waals surface area contributed by atoms with Gasteiger partial charge in [-0.2, -0.15) is 0 Å². The van der Waals surface area contributed by atoms with Gasteiger partial charge in [0.2, 0.25) is 5.91 Å². The van der Waals surface area contributed by atoms with Crippen LogP contribution < -0.4 is 5.32 Å². The van der Waals surface area contributed by atoms with E-state index in [4.69, 9.17) is 14.5 Å². The van der Waals surface area contributed by atoms with Crippen molar-refractivity contribution in [3.05, 3.63) is 0 Å². The summed E-state index contributed by atoms with van der Waals surface area (Å²) in [6.07, 6.45) is -2.68. The molecule has 3 amide bonds. The largest absolute Gasteiger partial charge is 0.469 e. The molecule has 0 spiro atoms. The van der Waals surface area contributed by atoms with Gasteiger partial charge in [0.25, 0.3) is 0 Å². The van der Waals surface area contributed by atoms with E-state index in [1.54, 1.807) is 6.92 Å². The number of rotatable bonds is 4. The van der Waals surface area contributed by atoms with Crippen LogP contribution >= 0.6 is 7.82 Å². The second-order valence-corrected chi connectivity index (χ2v) is 6.31. The van der Waals surface area contributed by atoms with Gasteiger partial charge in [0, 0.05) is 42.5 Å². The Morgan fingerprint density at radius 3 is 2.68 bits per heavy atom. The molecule has 4 N–H and O–H groups in total. The van der Waals surface area contributed by atoms with Crippen molar-refractivity contribution in [2.75, 3.05) is 13.2 Å². The summed E-state index contributed by atoms with van der Waals surface area (Å²) < 4.78 is 20.3. The van der Waals surface area contributed by atoms with E-state index in [2.05, 4.69) is 9.84 Å². The van der Waals surface area contributed by atoms with Gasteiger partial charge in [-0.1, -0.05) is 6.92 Å². The molecule has 1 radical (unpaired) electrons. The molecule has 0 bridgehead atoms. The molecule has 0 aromatic carbocycles. The molecule has 121 valence electrons. The predicted octanol–water partition coefficient (Wildman–Crippen LogP) is -1.62. The first kappa shape index (κ1) is 20.0. The summed E-state index contributed by atoms with van der Waals surface area (Å²) in [5.41, 5.74) is 0. The van der Waals surface area contributed by atoms with Crippen molar-refractivity contribution in [2.24, 2.45) is 5.92 Å². The minimum Gasteiger partial charge on any atom is -0.390 e. The Balaban J connectivity index is 0.00000242. The average molecular weight is 347 g/mol. The van der Waals surface area contributed by atoms with Crippen LogP contribution in [0.4, 0.5) is 4.79 Å². The molecule has 4 atom stereocenters. The number of nitrogens with zero attached hydrogens (tertiary/aromatic N) is 1. The fourth-order valence-electron chi connectivity index (χ4n) is 2.24. The first-order chi connectivity index (χ1) is 9.67. The Morgan fingerprint density at radius 2 is 2.09 bits per heavy atom. The summed E-state index contributed by atoms with van der Waals surface area (Å²) >= 11 is 0. The number of nitrogens with one attached hydrogen (secondary N) is 1. The molecular formula is C10H17N2NaO8P. The van der Waals surface area contributed by atoms with Gasteiger partial charge < -0.3 is 19.6 Å². The summed E-state index contributed by atoms with van der Waals surface area (Å²) in [7, 11) is -4.66. The minimum absolute atomic E-state index is 0. The molecule has 1 unspecified atom stereocenters. The molecule has 2 heterocycles. The first-order valence-corrected chi connectivity index (χ1v) is 7.85. The summed E-state index contributed by atoms with van der Waals surface area (Å²) in [5, 5.41) is 12.0. The number of hydrogen-bond donors (Lipinski definition) is 4. The monoisotopic (exact) mass is 347 g/mol. The number of carbonyl (C=O) groups excluding carboxylic acids is 2. The van der Waals surface area contributed by atoms with Gasteiger partial charge in [-0.25, -0.2) is 9.36 Å². The minimum atomic E-state index is -4.66. The van der Waals surface area contributed by atoms with Crippen LogP contribution in [0.5, 0.6) is 0 Å².